The lowest BCUT2D eigenvalue weighted by Gasteiger charge is -2.11. The molecule has 1 aromatic heterocycles. The van der Waals surface area contributed by atoms with Crippen LogP contribution < -0.4 is 10.2 Å². The lowest BCUT2D eigenvalue weighted by molar-refractivity contribution is 0.681. The summed E-state index contributed by atoms with van der Waals surface area (Å²) in [7, 11) is 2.07. The van der Waals surface area contributed by atoms with Gasteiger partial charge in [0.15, 0.2) is 5.13 Å². The van der Waals surface area contributed by atoms with Crippen LogP contribution in [-0.2, 0) is 6.54 Å². The summed E-state index contributed by atoms with van der Waals surface area (Å²) >= 11 is 1.77. The SMILES string of the molecule is CCCNCc1cnc(N(C)CC)s1. The third kappa shape index (κ3) is 3.27. The summed E-state index contributed by atoms with van der Waals surface area (Å²) in [4.78, 5) is 7.84. The van der Waals surface area contributed by atoms with Crippen LogP contribution in [0.2, 0.25) is 0 Å². The van der Waals surface area contributed by atoms with Gasteiger partial charge in [0.05, 0.1) is 0 Å². The minimum absolute atomic E-state index is 0.947. The second-order valence-electron chi connectivity index (χ2n) is 3.30. The van der Waals surface area contributed by atoms with Crippen LogP contribution >= 0.6 is 11.3 Å². The van der Waals surface area contributed by atoms with Gasteiger partial charge in [-0.2, -0.15) is 0 Å². The fraction of sp³-hybridized carbons (Fsp3) is 0.700. The average Bonchev–Trinajstić information content (AvgIpc) is 2.66. The van der Waals surface area contributed by atoms with Gasteiger partial charge in [-0.1, -0.05) is 6.92 Å². The van der Waals surface area contributed by atoms with Crippen molar-refractivity contribution in [2.75, 3.05) is 25.0 Å². The molecule has 0 spiro atoms. The molecular formula is C10H19N3S. The first-order valence-corrected chi connectivity index (χ1v) is 5.96. The molecule has 0 aliphatic rings. The van der Waals surface area contributed by atoms with Crippen molar-refractivity contribution in [2.45, 2.75) is 26.8 Å². The van der Waals surface area contributed by atoms with E-state index in [2.05, 4.69) is 36.1 Å². The molecule has 3 nitrogen and oxygen atoms in total. The summed E-state index contributed by atoms with van der Waals surface area (Å²) in [5.41, 5.74) is 0. The highest BCUT2D eigenvalue weighted by Gasteiger charge is 2.04. The maximum atomic E-state index is 4.37. The third-order valence-electron chi connectivity index (χ3n) is 2.07. The number of thiazole rings is 1. The second kappa shape index (κ2) is 5.98. The van der Waals surface area contributed by atoms with Crippen molar-refractivity contribution in [2.24, 2.45) is 0 Å². The first-order chi connectivity index (χ1) is 6.77. The summed E-state index contributed by atoms with van der Waals surface area (Å²) in [6.45, 7) is 7.35. The Morgan fingerprint density at radius 1 is 1.50 bits per heavy atom. The highest BCUT2D eigenvalue weighted by molar-refractivity contribution is 7.15. The molecule has 0 fully saturated rings. The van der Waals surface area contributed by atoms with Gasteiger partial charge in [0.2, 0.25) is 0 Å². The molecule has 80 valence electrons. The van der Waals surface area contributed by atoms with Crippen LogP contribution in [0.3, 0.4) is 0 Å². The zero-order valence-corrected chi connectivity index (χ0v) is 10.0. The lowest BCUT2D eigenvalue weighted by atomic mass is 10.4. The van der Waals surface area contributed by atoms with Gasteiger partial charge in [-0.15, -0.1) is 11.3 Å². The van der Waals surface area contributed by atoms with E-state index in [4.69, 9.17) is 0 Å². The average molecular weight is 213 g/mol. The monoisotopic (exact) mass is 213 g/mol. The quantitative estimate of drug-likeness (QED) is 0.734. The molecule has 0 saturated carbocycles. The maximum Gasteiger partial charge on any atom is 0.185 e. The molecular weight excluding hydrogens is 194 g/mol. The van der Waals surface area contributed by atoms with E-state index in [-0.39, 0.29) is 0 Å². The standard InChI is InChI=1S/C10H19N3S/c1-4-6-11-7-9-8-12-10(14-9)13(3)5-2/h8,11H,4-7H2,1-3H3. The number of anilines is 1. The van der Waals surface area contributed by atoms with Crippen LogP contribution in [0.4, 0.5) is 5.13 Å². The van der Waals surface area contributed by atoms with E-state index < -0.39 is 0 Å². The van der Waals surface area contributed by atoms with Crippen molar-refractivity contribution in [1.29, 1.82) is 0 Å². The predicted molar refractivity (Wildman–Crippen MR) is 63.1 cm³/mol. The Kier molecular flexibility index (Phi) is 4.90. The molecule has 0 amide bonds. The van der Waals surface area contributed by atoms with Crippen molar-refractivity contribution in [3.05, 3.63) is 11.1 Å². The zero-order chi connectivity index (χ0) is 10.4. The summed E-state index contributed by atoms with van der Waals surface area (Å²) < 4.78 is 0. The molecule has 0 radical (unpaired) electrons. The molecule has 0 saturated heterocycles. The molecule has 0 unspecified atom stereocenters. The Balaban J connectivity index is 2.42. The fourth-order valence-corrected chi connectivity index (χ4v) is 1.98. The minimum atomic E-state index is 0.947. The van der Waals surface area contributed by atoms with Crippen molar-refractivity contribution >= 4 is 16.5 Å². The molecule has 1 heterocycles. The fourth-order valence-electron chi connectivity index (χ4n) is 1.08. The summed E-state index contributed by atoms with van der Waals surface area (Å²) in [5, 5.41) is 4.49. The Bertz CT molecular complexity index is 260. The van der Waals surface area contributed by atoms with Crippen molar-refractivity contribution in [3.8, 4) is 0 Å². The van der Waals surface area contributed by atoms with E-state index in [1.165, 1.54) is 11.3 Å². The van der Waals surface area contributed by atoms with Gasteiger partial charge < -0.3 is 10.2 Å². The van der Waals surface area contributed by atoms with Crippen LogP contribution in [0, 0.1) is 0 Å². The van der Waals surface area contributed by atoms with Crippen LogP contribution in [0.1, 0.15) is 25.1 Å². The van der Waals surface area contributed by atoms with Crippen molar-refractivity contribution in [1.82, 2.24) is 10.3 Å². The molecule has 1 N–H and O–H groups in total. The number of hydrogen-bond donors (Lipinski definition) is 1. The highest BCUT2D eigenvalue weighted by atomic mass is 32.1. The van der Waals surface area contributed by atoms with E-state index in [0.717, 1.165) is 24.8 Å². The molecule has 0 aliphatic heterocycles. The Hall–Kier alpha value is -0.610. The van der Waals surface area contributed by atoms with E-state index in [1.807, 2.05) is 6.20 Å². The maximum absolute atomic E-state index is 4.37. The van der Waals surface area contributed by atoms with Crippen LogP contribution in [-0.4, -0.2) is 25.1 Å². The normalized spacial score (nSPS) is 10.5. The number of nitrogens with one attached hydrogen (secondary N) is 1. The first-order valence-electron chi connectivity index (χ1n) is 5.14. The number of nitrogens with zero attached hydrogens (tertiary/aromatic N) is 2. The van der Waals surface area contributed by atoms with Gasteiger partial charge in [-0.3, -0.25) is 0 Å². The molecule has 4 heteroatoms. The smallest absolute Gasteiger partial charge is 0.185 e. The minimum Gasteiger partial charge on any atom is -0.351 e. The summed E-state index contributed by atoms with van der Waals surface area (Å²) in [6, 6.07) is 0. The lowest BCUT2D eigenvalue weighted by Crippen LogP contribution is -2.15. The van der Waals surface area contributed by atoms with Crippen LogP contribution in [0.5, 0.6) is 0 Å². The number of hydrogen-bond acceptors (Lipinski definition) is 4. The Morgan fingerprint density at radius 2 is 2.29 bits per heavy atom. The van der Waals surface area contributed by atoms with E-state index in [9.17, 15) is 0 Å². The van der Waals surface area contributed by atoms with E-state index in [1.54, 1.807) is 11.3 Å². The third-order valence-corrected chi connectivity index (χ3v) is 3.18. The molecule has 0 aromatic carbocycles. The molecule has 1 aromatic rings. The molecule has 14 heavy (non-hydrogen) atoms. The van der Waals surface area contributed by atoms with Crippen LogP contribution in [0.15, 0.2) is 6.20 Å². The topological polar surface area (TPSA) is 28.2 Å². The second-order valence-corrected chi connectivity index (χ2v) is 4.39. The molecule has 0 aliphatic carbocycles. The summed E-state index contributed by atoms with van der Waals surface area (Å²) in [5.74, 6) is 0. The number of rotatable bonds is 6. The zero-order valence-electron chi connectivity index (χ0n) is 9.21. The first kappa shape index (κ1) is 11.5. The Labute approximate surface area is 90.2 Å². The number of aromatic nitrogens is 1. The Morgan fingerprint density at radius 3 is 2.93 bits per heavy atom. The highest BCUT2D eigenvalue weighted by Crippen LogP contribution is 2.20. The van der Waals surface area contributed by atoms with E-state index >= 15 is 0 Å². The molecule has 0 atom stereocenters. The van der Waals surface area contributed by atoms with Gasteiger partial charge in [-0.25, -0.2) is 4.98 Å². The predicted octanol–water partition coefficient (Wildman–Crippen LogP) is 2.10. The summed E-state index contributed by atoms with van der Waals surface area (Å²) in [6.07, 6.45) is 3.15. The van der Waals surface area contributed by atoms with Gasteiger partial charge >= 0.3 is 0 Å². The molecule has 1 rings (SSSR count). The van der Waals surface area contributed by atoms with Gasteiger partial charge in [0.1, 0.15) is 0 Å². The molecule has 0 bridgehead atoms. The van der Waals surface area contributed by atoms with E-state index in [0.29, 0.717) is 0 Å². The van der Waals surface area contributed by atoms with Crippen molar-refractivity contribution in [3.63, 3.8) is 0 Å². The van der Waals surface area contributed by atoms with Gasteiger partial charge in [-0.05, 0) is 19.9 Å². The van der Waals surface area contributed by atoms with Crippen LogP contribution in [0.25, 0.3) is 0 Å². The van der Waals surface area contributed by atoms with Gasteiger partial charge in [0, 0.05) is 31.2 Å². The largest absolute Gasteiger partial charge is 0.351 e. The van der Waals surface area contributed by atoms with Gasteiger partial charge in [0.25, 0.3) is 0 Å². The van der Waals surface area contributed by atoms with Crippen molar-refractivity contribution < 1.29 is 0 Å².